The van der Waals surface area contributed by atoms with Crippen LogP contribution in [0.25, 0.3) is 0 Å². The van der Waals surface area contributed by atoms with E-state index in [-0.39, 0.29) is 0 Å². The average Bonchev–Trinajstić information content (AvgIpc) is 3.00. The molecule has 0 radical (unpaired) electrons. The zero-order valence-corrected chi connectivity index (χ0v) is 19.7. The number of hydrogen-bond acceptors (Lipinski definition) is 3. The average molecular weight is 417 g/mol. The van der Waals surface area contributed by atoms with Crippen LogP contribution in [-0.4, -0.2) is 33.1 Å². The molecule has 170 valence electrons. The second kappa shape index (κ2) is 9.30. The van der Waals surface area contributed by atoms with E-state index in [1.807, 2.05) is 13.8 Å². The minimum atomic E-state index is -0.615. The Morgan fingerprint density at radius 1 is 1.23 bits per heavy atom. The molecule has 3 rings (SSSR count). The Labute approximate surface area is 184 Å². The first kappa shape index (κ1) is 23.8. The van der Waals surface area contributed by atoms with Crippen molar-refractivity contribution < 1.29 is 15.3 Å². The highest BCUT2D eigenvalue weighted by molar-refractivity contribution is 5.38. The van der Waals surface area contributed by atoms with Crippen LogP contribution in [0.15, 0.2) is 35.5 Å². The molecule has 0 bridgehead atoms. The number of allylic oxidation sites excluding steroid dienone is 3. The van der Waals surface area contributed by atoms with E-state index in [0.717, 1.165) is 29.9 Å². The molecule has 3 nitrogen and oxygen atoms in total. The van der Waals surface area contributed by atoms with E-state index in [9.17, 15) is 15.3 Å². The maximum Gasteiger partial charge on any atom is 0.0811 e. The molecule has 0 spiro atoms. The van der Waals surface area contributed by atoms with Gasteiger partial charge in [0, 0.05) is 6.42 Å². The van der Waals surface area contributed by atoms with Crippen LogP contribution in [0.3, 0.4) is 0 Å². The van der Waals surface area contributed by atoms with Crippen molar-refractivity contribution >= 4 is 0 Å². The fourth-order valence-corrected chi connectivity index (χ4v) is 6.74. The van der Waals surface area contributed by atoms with Crippen molar-refractivity contribution in [3.63, 3.8) is 0 Å². The van der Waals surface area contributed by atoms with Crippen LogP contribution in [0.4, 0.5) is 0 Å². The zero-order valence-electron chi connectivity index (χ0n) is 19.7. The van der Waals surface area contributed by atoms with Gasteiger partial charge in [-0.25, -0.2) is 0 Å². The highest BCUT2D eigenvalue weighted by atomic mass is 16.3. The summed E-state index contributed by atoms with van der Waals surface area (Å²) in [6.45, 7) is 12.8. The van der Waals surface area contributed by atoms with Crippen molar-refractivity contribution in [1.82, 2.24) is 0 Å². The van der Waals surface area contributed by atoms with Gasteiger partial charge in [0.15, 0.2) is 0 Å². The topological polar surface area (TPSA) is 60.7 Å². The summed E-state index contributed by atoms with van der Waals surface area (Å²) >= 11 is 0. The van der Waals surface area contributed by atoms with Gasteiger partial charge in [-0.3, -0.25) is 0 Å². The lowest BCUT2D eigenvalue weighted by Crippen LogP contribution is -2.36. The van der Waals surface area contributed by atoms with Gasteiger partial charge in [-0.1, -0.05) is 51.0 Å². The van der Waals surface area contributed by atoms with Crippen molar-refractivity contribution in [2.75, 3.05) is 0 Å². The van der Waals surface area contributed by atoms with Crippen molar-refractivity contribution in [3.8, 4) is 0 Å². The second-order valence-electron chi connectivity index (χ2n) is 11.3. The molecule has 3 aliphatic carbocycles. The minimum Gasteiger partial charge on any atom is -0.393 e. The first-order valence-corrected chi connectivity index (χ1v) is 12.2. The third-order valence-electron chi connectivity index (χ3n) is 8.44. The van der Waals surface area contributed by atoms with Gasteiger partial charge < -0.3 is 15.3 Å². The van der Waals surface area contributed by atoms with Gasteiger partial charge in [-0.2, -0.15) is 0 Å². The summed E-state index contributed by atoms with van der Waals surface area (Å²) in [6, 6.07) is 0. The van der Waals surface area contributed by atoms with E-state index in [1.54, 1.807) is 5.57 Å². The lowest BCUT2D eigenvalue weighted by Gasteiger charge is -2.44. The van der Waals surface area contributed by atoms with Gasteiger partial charge in [0.25, 0.3) is 0 Å². The number of aliphatic hydroxyl groups is 3. The van der Waals surface area contributed by atoms with E-state index in [1.165, 1.54) is 38.5 Å². The molecule has 0 aromatic heterocycles. The molecule has 6 unspecified atom stereocenters. The van der Waals surface area contributed by atoms with E-state index in [0.29, 0.717) is 30.1 Å². The summed E-state index contributed by atoms with van der Waals surface area (Å²) in [5, 5.41) is 30.2. The number of hydrogen-bond donors (Lipinski definition) is 3. The smallest absolute Gasteiger partial charge is 0.0811 e. The summed E-state index contributed by atoms with van der Waals surface area (Å²) in [5.41, 5.74) is 3.17. The molecule has 6 atom stereocenters. The number of aliphatic hydroxyl groups excluding tert-OH is 2. The lowest BCUT2D eigenvalue weighted by molar-refractivity contribution is 0.0596. The first-order valence-electron chi connectivity index (χ1n) is 12.2. The Balaban J connectivity index is 1.70. The van der Waals surface area contributed by atoms with Gasteiger partial charge in [0.1, 0.15) is 0 Å². The molecule has 0 aromatic rings. The second-order valence-corrected chi connectivity index (χ2v) is 11.3. The molecule has 3 fully saturated rings. The molecule has 0 aromatic carbocycles. The Kier molecular flexibility index (Phi) is 7.37. The molecule has 0 aliphatic heterocycles. The summed E-state index contributed by atoms with van der Waals surface area (Å²) in [6.07, 6.45) is 13.9. The third kappa shape index (κ3) is 5.29. The van der Waals surface area contributed by atoms with Gasteiger partial charge in [0.05, 0.1) is 17.8 Å². The number of fused-ring (bicyclic) bond motifs is 1. The fourth-order valence-electron chi connectivity index (χ4n) is 6.74. The molecule has 3 N–H and O–H groups in total. The van der Waals surface area contributed by atoms with Crippen LogP contribution in [0.1, 0.15) is 91.9 Å². The lowest BCUT2D eigenvalue weighted by atomic mass is 9.60. The summed E-state index contributed by atoms with van der Waals surface area (Å²) in [5.74, 6) is 2.11. The normalized spacial score (nSPS) is 38.8. The molecular formula is C27H44O3. The maximum atomic E-state index is 10.1. The van der Waals surface area contributed by atoms with E-state index in [4.69, 9.17) is 0 Å². The third-order valence-corrected chi connectivity index (χ3v) is 8.44. The molecule has 0 heterocycles. The first-order chi connectivity index (χ1) is 14.0. The van der Waals surface area contributed by atoms with Crippen molar-refractivity contribution in [1.29, 1.82) is 0 Å². The summed E-state index contributed by atoms with van der Waals surface area (Å²) < 4.78 is 0. The Hall–Kier alpha value is -0.900. The largest absolute Gasteiger partial charge is 0.393 e. The standard InChI is InChI=1S/C27H44O3/c1-18(8-6-14-26(3,4)30)23-12-13-24-20(9-7-15-27(23,24)5)10-11-21-16-22(28)17-25(29)19(21)2/h10-11,18,22-25,28-30H,2,6-9,12-17H2,1,3-5H3/b20-10+,21-11-. The van der Waals surface area contributed by atoms with Crippen LogP contribution in [0.2, 0.25) is 0 Å². The van der Waals surface area contributed by atoms with Gasteiger partial charge >= 0.3 is 0 Å². The molecule has 0 amide bonds. The van der Waals surface area contributed by atoms with Crippen molar-refractivity contribution in [3.05, 3.63) is 35.5 Å². The van der Waals surface area contributed by atoms with E-state index >= 15 is 0 Å². The summed E-state index contributed by atoms with van der Waals surface area (Å²) in [7, 11) is 0. The van der Waals surface area contributed by atoms with Crippen LogP contribution < -0.4 is 0 Å². The number of rotatable bonds is 6. The van der Waals surface area contributed by atoms with Crippen molar-refractivity contribution in [2.24, 2.45) is 23.2 Å². The SMILES string of the molecule is C=C1/C(=C\C=C2/CCCC3(C)C2CCC3C(C)CCCC(C)(C)O)CC(O)CC1O. The molecule has 0 saturated heterocycles. The van der Waals surface area contributed by atoms with Crippen LogP contribution in [-0.2, 0) is 0 Å². The summed E-state index contributed by atoms with van der Waals surface area (Å²) in [4.78, 5) is 0. The molecule has 3 heteroatoms. The van der Waals surface area contributed by atoms with Crippen LogP contribution in [0, 0.1) is 23.2 Å². The van der Waals surface area contributed by atoms with E-state index in [2.05, 4.69) is 32.6 Å². The molecular weight excluding hydrogens is 372 g/mol. The Morgan fingerprint density at radius 3 is 2.67 bits per heavy atom. The predicted molar refractivity (Wildman–Crippen MR) is 124 cm³/mol. The van der Waals surface area contributed by atoms with Crippen LogP contribution in [0.5, 0.6) is 0 Å². The Bertz CT molecular complexity index is 683. The predicted octanol–water partition coefficient (Wildman–Crippen LogP) is 5.70. The van der Waals surface area contributed by atoms with Gasteiger partial charge in [-0.15, -0.1) is 0 Å². The van der Waals surface area contributed by atoms with Crippen LogP contribution >= 0.6 is 0 Å². The van der Waals surface area contributed by atoms with Crippen molar-refractivity contribution in [2.45, 2.75) is 110 Å². The highest BCUT2D eigenvalue weighted by Gasteiger charge is 2.50. The highest BCUT2D eigenvalue weighted by Crippen LogP contribution is 2.60. The fraction of sp³-hybridized carbons (Fsp3) is 0.778. The Morgan fingerprint density at radius 2 is 1.97 bits per heavy atom. The maximum absolute atomic E-state index is 10.1. The van der Waals surface area contributed by atoms with E-state index < -0.39 is 17.8 Å². The molecule has 3 aliphatic rings. The minimum absolute atomic E-state index is 0.374. The molecule has 30 heavy (non-hydrogen) atoms. The molecule has 3 saturated carbocycles. The zero-order chi connectivity index (χ0) is 22.1. The monoisotopic (exact) mass is 416 g/mol. The van der Waals surface area contributed by atoms with Gasteiger partial charge in [-0.05, 0) is 93.1 Å². The quantitative estimate of drug-likeness (QED) is 0.520. The van der Waals surface area contributed by atoms with Gasteiger partial charge in [0.2, 0.25) is 0 Å².